The summed E-state index contributed by atoms with van der Waals surface area (Å²) in [6.45, 7) is 0.184. The van der Waals surface area contributed by atoms with Gasteiger partial charge in [-0.2, -0.15) is 0 Å². The molecule has 0 aliphatic rings. The predicted octanol–water partition coefficient (Wildman–Crippen LogP) is 3.13. The van der Waals surface area contributed by atoms with Crippen molar-refractivity contribution in [2.45, 2.75) is 6.54 Å². The molecule has 0 heterocycles. The number of benzene rings is 2. The molecule has 0 aromatic heterocycles. The topological polar surface area (TPSA) is 81.5 Å². The number of hydrogen-bond donors (Lipinski definition) is 1. The summed E-state index contributed by atoms with van der Waals surface area (Å²) in [7, 11) is 1.24. The fraction of sp³-hybridized carbons (Fsp3) is 0.133. The summed E-state index contributed by atoms with van der Waals surface area (Å²) in [4.78, 5) is 21.6. The molecule has 0 saturated heterocycles. The highest BCUT2D eigenvalue weighted by Crippen LogP contribution is 2.19. The lowest BCUT2D eigenvalue weighted by Gasteiger charge is -2.09. The van der Waals surface area contributed by atoms with Crippen LogP contribution in [0.25, 0.3) is 0 Å². The second-order valence-electron chi connectivity index (χ2n) is 4.47. The van der Waals surface area contributed by atoms with Crippen LogP contribution in [0.2, 0.25) is 0 Å². The molecule has 2 rings (SSSR count). The zero-order valence-corrected chi connectivity index (χ0v) is 11.7. The second-order valence-corrected chi connectivity index (χ2v) is 4.47. The minimum absolute atomic E-state index is 0.0388. The molecular weight excluding hydrogens is 291 g/mol. The van der Waals surface area contributed by atoms with E-state index in [0.717, 1.165) is 6.07 Å². The van der Waals surface area contributed by atoms with Crippen molar-refractivity contribution in [3.63, 3.8) is 0 Å². The summed E-state index contributed by atoms with van der Waals surface area (Å²) < 4.78 is 18.3. The number of rotatable bonds is 5. The van der Waals surface area contributed by atoms with Crippen LogP contribution < -0.4 is 5.32 Å². The third-order valence-electron chi connectivity index (χ3n) is 2.99. The lowest BCUT2D eigenvalue weighted by molar-refractivity contribution is -0.384. The maximum Gasteiger partial charge on any atom is 0.337 e. The van der Waals surface area contributed by atoms with E-state index in [-0.39, 0.29) is 23.5 Å². The van der Waals surface area contributed by atoms with E-state index in [1.807, 2.05) is 0 Å². The maximum atomic E-state index is 13.7. The Balaban J connectivity index is 2.16. The zero-order valence-electron chi connectivity index (χ0n) is 11.7. The lowest BCUT2D eigenvalue weighted by atomic mass is 10.1. The van der Waals surface area contributed by atoms with Crippen molar-refractivity contribution in [3.05, 3.63) is 69.5 Å². The first-order valence-corrected chi connectivity index (χ1v) is 6.36. The first-order chi connectivity index (χ1) is 10.5. The zero-order chi connectivity index (χ0) is 16.1. The fourth-order valence-electron chi connectivity index (χ4n) is 1.88. The molecule has 0 aliphatic carbocycles. The van der Waals surface area contributed by atoms with E-state index in [1.54, 1.807) is 12.1 Å². The predicted molar refractivity (Wildman–Crippen MR) is 78.2 cm³/mol. The summed E-state index contributed by atoms with van der Waals surface area (Å²) >= 11 is 0. The molecule has 0 amide bonds. The van der Waals surface area contributed by atoms with E-state index in [0.29, 0.717) is 5.56 Å². The van der Waals surface area contributed by atoms with Crippen LogP contribution in [-0.4, -0.2) is 18.0 Å². The van der Waals surface area contributed by atoms with Gasteiger partial charge in [-0.15, -0.1) is 0 Å². The van der Waals surface area contributed by atoms with Crippen molar-refractivity contribution in [1.29, 1.82) is 0 Å². The normalized spacial score (nSPS) is 10.1. The molecule has 114 valence electrons. The van der Waals surface area contributed by atoms with Crippen LogP contribution in [0.5, 0.6) is 0 Å². The van der Waals surface area contributed by atoms with E-state index >= 15 is 0 Å². The number of hydrogen-bond acceptors (Lipinski definition) is 5. The molecule has 0 radical (unpaired) electrons. The van der Waals surface area contributed by atoms with Gasteiger partial charge >= 0.3 is 5.97 Å². The molecule has 2 aromatic rings. The van der Waals surface area contributed by atoms with Gasteiger partial charge in [0.25, 0.3) is 5.69 Å². The van der Waals surface area contributed by atoms with Crippen molar-refractivity contribution in [2.24, 2.45) is 0 Å². The number of nitrogens with one attached hydrogen (secondary N) is 1. The molecule has 22 heavy (non-hydrogen) atoms. The number of ether oxygens (including phenoxy) is 1. The van der Waals surface area contributed by atoms with Gasteiger partial charge in [-0.1, -0.05) is 12.1 Å². The third-order valence-corrected chi connectivity index (χ3v) is 2.99. The first-order valence-electron chi connectivity index (χ1n) is 6.36. The van der Waals surface area contributed by atoms with Gasteiger partial charge in [0, 0.05) is 18.7 Å². The molecule has 0 atom stereocenters. The number of carbonyl (C=O) groups is 1. The van der Waals surface area contributed by atoms with Gasteiger partial charge in [0.05, 0.1) is 23.3 Å². The van der Waals surface area contributed by atoms with Crippen LogP contribution in [0.1, 0.15) is 15.9 Å². The second kappa shape index (κ2) is 6.66. The Morgan fingerprint density at radius 3 is 2.77 bits per heavy atom. The van der Waals surface area contributed by atoms with Crippen LogP contribution in [0.3, 0.4) is 0 Å². The summed E-state index contributed by atoms with van der Waals surface area (Å²) in [6, 6.07) is 9.82. The molecular formula is C15H13FN2O4. The highest BCUT2D eigenvalue weighted by atomic mass is 19.1. The summed E-state index contributed by atoms with van der Waals surface area (Å²) in [5.74, 6) is -1.10. The molecule has 2 aromatic carbocycles. The Morgan fingerprint density at radius 2 is 2.09 bits per heavy atom. The highest BCUT2D eigenvalue weighted by Gasteiger charge is 2.10. The van der Waals surface area contributed by atoms with Crippen molar-refractivity contribution >= 4 is 17.3 Å². The van der Waals surface area contributed by atoms with E-state index in [9.17, 15) is 19.3 Å². The van der Waals surface area contributed by atoms with Gasteiger partial charge in [0.2, 0.25) is 0 Å². The Labute approximate surface area is 125 Å². The van der Waals surface area contributed by atoms with Crippen LogP contribution in [0.15, 0.2) is 42.5 Å². The van der Waals surface area contributed by atoms with Crippen molar-refractivity contribution < 1.29 is 18.8 Å². The summed E-state index contributed by atoms with van der Waals surface area (Å²) in [5.41, 5.74) is 0.917. The minimum atomic E-state index is -0.571. The number of nitro groups is 1. The van der Waals surface area contributed by atoms with Gasteiger partial charge in [0.15, 0.2) is 0 Å². The van der Waals surface area contributed by atoms with Crippen LogP contribution in [0.4, 0.5) is 15.8 Å². The molecule has 0 fully saturated rings. The third kappa shape index (κ3) is 3.57. The minimum Gasteiger partial charge on any atom is -0.465 e. The monoisotopic (exact) mass is 304 g/mol. The fourth-order valence-corrected chi connectivity index (χ4v) is 1.88. The number of anilines is 1. The molecule has 7 heteroatoms. The number of non-ortho nitro benzene ring substituents is 1. The van der Waals surface area contributed by atoms with Crippen molar-refractivity contribution in [2.75, 3.05) is 12.4 Å². The van der Waals surface area contributed by atoms with Gasteiger partial charge in [0.1, 0.15) is 5.82 Å². The average molecular weight is 304 g/mol. The number of nitrogens with zero attached hydrogens (tertiary/aromatic N) is 1. The Hall–Kier alpha value is -2.96. The molecule has 1 N–H and O–H groups in total. The molecule has 0 bridgehead atoms. The number of methoxy groups -OCH3 is 1. The molecule has 0 unspecified atom stereocenters. The number of nitro benzene ring substituents is 1. The Bertz CT molecular complexity index is 718. The summed E-state index contributed by atoms with van der Waals surface area (Å²) in [6.07, 6.45) is 0. The van der Waals surface area contributed by atoms with Crippen molar-refractivity contribution in [3.8, 4) is 0 Å². The van der Waals surface area contributed by atoms with E-state index in [2.05, 4.69) is 10.1 Å². The van der Waals surface area contributed by atoms with Gasteiger partial charge < -0.3 is 10.1 Å². The standard InChI is InChI=1S/C15H13FN2O4/c1-22-15(19)11-5-6-13(16)14(8-11)17-9-10-3-2-4-12(7-10)18(20)21/h2-8,17H,9H2,1H3. The molecule has 0 saturated carbocycles. The van der Waals surface area contributed by atoms with Gasteiger partial charge in [-0.25, -0.2) is 9.18 Å². The lowest BCUT2D eigenvalue weighted by Crippen LogP contribution is -2.06. The molecule has 6 nitrogen and oxygen atoms in total. The van der Waals surface area contributed by atoms with Gasteiger partial charge in [-0.05, 0) is 23.8 Å². The number of esters is 1. The van der Waals surface area contributed by atoms with E-state index in [4.69, 9.17) is 0 Å². The molecule has 0 spiro atoms. The average Bonchev–Trinajstić information content (AvgIpc) is 2.53. The van der Waals surface area contributed by atoms with E-state index in [1.165, 1.54) is 31.4 Å². The Morgan fingerprint density at radius 1 is 1.32 bits per heavy atom. The largest absolute Gasteiger partial charge is 0.465 e. The number of halogens is 1. The molecule has 0 aliphatic heterocycles. The first kappa shape index (κ1) is 15.4. The van der Waals surface area contributed by atoms with Crippen LogP contribution in [0, 0.1) is 15.9 Å². The maximum absolute atomic E-state index is 13.7. The highest BCUT2D eigenvalue weighted by molar-refractivity contribution is 5.90. The quantitative estimate of drug-likeness (QED) is 0.521. The number of carbonyl (C=O) groups excluding carboxylic acids is 1. The SMILES string of the molecule is COC(=O)c1ccc(F)c(NCc2cccc([N+](=O)[O-])c2)c1. The van der Waals surface area contributed by atoms with Crippen molar-refractivity contribution in [1.82, 2.24) is 0 Å². The van der Waals surface area contributed by atoms with Gasteiger partial charge in [-0.3, -0.25) is 10.1 Å². The van der Waals surface area contributed by atoms with E-state index < -0.39 is 16.7 Å². The van der Waals surface area contributed by atoms with Crippen LogP contribution in [-0.2, 0) is 11.3 Å². The summed E-state index contributed by atoms with van der Waals surface area (Å²) in [5, 5.41) is 13.5. The van der Waals surface area contributed by atoms with Crippen LogP contribution >= 0.6 is 0 Å². The Kier molecular flexibility index (Phi) is 4.67. The smallest absolute Gasteiger partial charge is 0.337 e.